The Balaban J connectivity index is 1.83. The van der Waals surface area contributed by atoms with Crippen LogP contribution in [-0.2, 0) is 0 Å². The zero-order valence-corrected chi connectivity index (χ0v) is 17.3. The van der Waals surface area contributed by atoms with Crippen LogP contribution in [0.15, 0.2) is 41.5 Å². The number of amidine groups is 1. The van der Waals surface area contributed by atoms with Gasteiger partial charge in [0.15, 0.2) is 5.17 Å². The van der Waals surface area contributed by atoms with Crippen molar-refractivity contribution in [3.05, 3.63) is 56.4 Å². The van der Waals surface area contributed by atoms with Crippen LogP contribution in [0.4, 0.5) is 0 Å². The maximum Gasteiger partial charge on any atom is 0.160 e. The molecular formula is C18H17ClIN3OS. The van der Waals surface area contributed by atoms with E-state index in [1.54, 1.807) is 0 Å². The summed E-state index contributed by atoms with van der Waals surface area (Å²) in [5, 5.41) is 11.5. The van der Waals surface area contributed by atoms with E-state index in [1.165, 1.54) is 0 Å². The Morgan fingerprint density at radius 1 is 1.40 bits per heavy atom. The van der Waals surface area contributed by atoms with Crippen LogP contribution in [0.1, 0.15) is 36.7 Å². The summed E-state index contributed by atoms with van der Waals surface area (Å²) in [5.41, 5.74) is 2.03. The molecule has 1 N–H and O–H groups in total. The lowest BCUT2D eigenvalue weighted by atomic mass is 9.95. The van der Waals surface area contributed by atoms with Crippen molar-refractivity contribution in [1.82, 2.24) is 9.88 Å². The van der Waals surface area contributed by atoms with Gasteiger partial charge in [0.2, 0.25) is 0 Å². The van der Waals surface area contributed by atoms with Crippen molar-refractivity contribution in [2.24, 2.45) is 4.99 Å². The fraction of sp³-hybridized carbons (Fsp3) is 0.333. The summed E-state index contributed by atoms with van der Waals surface area (Å²) in [6.45, 7) is 2.22. The van der Waals surface area contributed by atoms with Crippen LogP contribution in [0, 0.1) is 3.57 Å². The Morgan fingerprint density at radius 3 is 2.92 bits per heavy atom. The second-order valence-electron chi connectivity index (χ2n) is 6.17. The number of nitrogens with zero attached hydrogens (tertiary/aromatic N) is 3. The van der Waals surface area contributed by atoms with Gasteiger partial charge in [0.25, 0.3) is 0 Å². The fourth-order valence-electron chi connectivity index (χ4n) is 3.47. The first-order chi connectivity index (χ1) is 12.1. The monoisotopic (exact) mass is 485 g/mol. The number of phenols is 1. The molecule has 0 radical (unpaired) electrons. The Hall–Kier alpha value is -0.990. The number of hydrogen-bond acceptors (Lipinski definition) is 5. The summed E-state index contributed by atoms with van der Waals surface area (Å²) in [6.07, 6.45) is 2.88. The first-order valence-electron chi connectivity index (χ1n) is 8.18. The van der Waals surface area contributed by atoms with Crippen molar-refractivity contribution >= 4 is 51.1 Å². The lowest BCUT2D eigenvalue weighted by Crippen LogP contribution is -2.35. The van der Waals surface area contributed by atoms with Gasteiger partial charge in [0.05, 0.1) is 20.3 Å². The van der Waals surface area contributed by atoms with Crippen molar-refractivity contribution in [3.63, 3.8) is 0 Å². The maximum absolute atomic E-state index is 10.0. The standard InChI is InChI=1S/C18H17ClIN3OS/c1-2-11-9-25-18-22-15(14-5-3-4-6-21-14)16(23(11)18)10-7-12(19)17(24)13(20)8-10/h3-8,11,15-16,24H,2,9H2,1H3. The Kier molecular flexibility index (Phi) is 4.85. The Bertz CT molecular complexity index is 809. The number of thioether (sulfide) groups is 1. The number of hydrogen-bond donors (Lipinski definition) is 1. The van der Waals surface area contributed by atoms with E-state index in [9.17, 15) is 5.11 Å². The topological polar surface area (TPSA) is 48.7 Å². The summed E-state index contributed by atoms with van der Waals surface area (Å²) in [7, 11) is 0. The predicted octanol–water partition coefficient (Wildman–Crippen LogP) is 5.02. The maximum atomic E-state index is 10.0. The van der Waals surface area contributed by atoms with Gasteiger partial charge in [-0.15, -0.1) is 0 Å². The minimum atomic E-state index is -0.0607. The van der Waals surface area contributed by atoms with Gasteiger partial charge in [-0.05, 0) is 58.8 Å². The lowest BCUT2D eigenvalue weighted by Gasteiger charge is -2.32. The minimum absolute atomic E-state index is 0.0523. The molecule has 3 unspecified atom stereocenters. The highest BCUT2D eigenvalue weighted by Gasteiger charge is 2.45. The molecule has 1 saturated heterocycles. The highest BCUT2D eigenvalue weighted by atomic mass is 127. The number of pyridine rings is 1. The van der Waals surface area contributed by atoms with Gasteiger partial charge in [0.1, 0.15) is 11.8 Å². The Labute approximate surface area is 169 Å². The molecule has 7 heteroatoms. The van der Waals surface area contributed by atoms with Crippen molar-refractivity contribution in [2.45, 2.75) is 31.5 Å². The molecule has 0 bridgehead atoms. The molecule has 3 heterocycles. The molecule has 2 aromatic rings. The van der Waals surface area contributed by atoms with E-state index in [4.69, 9.17) is 16.6 Å². The third-order valence-electron chi connectivity index (χ3n) is 4.71. The van der Waals surface area contributed by atoms with Crippen LogP contribution >= 0.6 is 46.0 Å². The zero-order chi connectivity index (χ0) is 17.6. The molecule has 1 fully saturated rings. The van der Waals surface area contributed by atoms with Crippen molar-refractivity contribution in [3.8, 4) is 5.75 Å². The molecule has 4 nitrogen and oxygen atoms in total. The molecule has 130 valence electrons. The fourth-order valence-corrected chi connectivity index (χ4v) is 5.84. The normalized spacial score (nSPS) is 25.2. The zero-order valence-electron chi connectivity index (χ0n) is 13.6. The summed E-state index contributed by atoms with van der Waals surface area (Å²) in [6, 6.07) is 10.3. The van der Waals surface area contributed by atoms with Crippen LogP contribution in [0.5, 0.6) is 5.75 Å². The molecule has 25 heavy (non-hydrogen) atoms. The number of fused-ring (bicyclic) bond motifs is 1. The van der Waals surface area contributed by atoms with E-state index in [0.717, 1.165) is 32.2 Å². The third kappa shape index (κ3) is 3.02. The van der Waals surface area contributed by atoms with E-state index in [0.29, 0.717) is 11.1 Å². The van der Waals surface area contributed by atoms with E-state index < -0.39 is 0 Å². The molecular weight excluding hydrogens is 469 g/mol. The van der Waals surface area contributed by atoms with Gasteiger partial charge in [-0.3, -0.25) is 9.98 Å². The number of phenolic OH excluding ortho intramolecular Hbond substituents is 1. The SMILES string of the molecule is CCC1CSC2=NC(c3ccccn3)C(c3cc(Cl)c(O)c(I)c3)N21. The Morgan fingerprint density at radius 2 is 2.24 bits per heavy atom. The highest BCUT2D eigenvalue weighted by Crippen LogP contribution is 2.49. The van der Waals surface area contributed by atoms with E-state index >= 15 is 0 Å². The molecule has 4 rings (SSSR count). The number of benzene rings is 1. The van der Waals surface area contributed by atoms with Gasteiger partial charge in [-0.1, -0.05) is 36.4 Å². The number of halogens is 2. The van der Waals surface area contributed by atoms with Crippen LogP contribution in [0.2, 0.25) is 5.02 Å². The number of aliphatic imine (C=N–C) groups is 1. The van der Waals surface area contributed by atoms with Gasteiger partial charge >= 0.3 is 0 Å². The number of aromatic nitrogens is 1. The average molecular weight is 486 g/mol. The van der Waals surface area contributed by atoms with Crippen LogP contribution in [0.25, 0.3) is 0 Å². The second kappa shape index (κ2) is 6.96. The summed E-state index contributed by atoms with van der Waals surface area (Å²) >= 11 is 10.2. The molecule has 0 saturated carbocycles. The van der Waals surface area contributed by atoms with Gasteiger partial charge in [0, 0.05) is 18.0 Å². The molecule has 0 aliphatic carbocycles. The van der Waals surface area contributed by atoms with E-state index in [2.05, 4.69) is 39.4 Å². The average Bonchev–Trinajstić information content (AvgIpc) is 3.18. The third-order valence-corrected chi connectivity index (χ3v) is 6.95. The largest absolute Gasteiger partial charge is 0.505 e. The van der Waals surface area contributed by atoms with Gasteiger partial charge in [-0.2, -0.15) is 0 Å². The molecule has 1 aromatic heterocycles. The van der Waals surface area contributed by atoms with Crippen LogP contribution < -0.4 is 0 Å². The second-order valence-corrected chi connectivity index (χ2v) is 8.73. The summed E-state index contributed by atoms with van der Waals surface area (Å²) < 4.78 is 0.758. The molecule has 0 spiro atoms. The number of rotatable bonds is 3. The summed E-state index contributed by atoms with van der Waals surface area (Å²) in [4.78, 5) is 12.0. The molecule has 3 atom stereocenters. The van der Waals surface area contributed by atoms with Crippen molar-refractivity contribution in [1.29, 1.82) is 0 Å². The first kappa shape index (κ1) is 17.4. The number of aromatic hydroxyl groups is 1. The van der Waals surface area contributed by atoms with Gasteiger partial charge in [-0.25, -0.2) is 0 Å². The van der Waals surface area contributed by atoms with E-state index in [-0.39, 0.29) is 17.8 Å². The molecule has 2 aliphatic heterocycles. The quantitative estimate of drug-likeness (QED) is 0.620. The molecule has 2 aliphatic rings. The summed E-state index contributed by atoms with van der Waals surface area (Å²) in [5.74, 6) is 1.20. The van der Waals surface area contributed by atoms with Crippen LogP contribution in [0.3, 0.4) is 0 Å². The van der Waals surface area contributed by atoms with E-state index in [1.807, 2.05) is 48.3 Å². The smallest absolute Gasteiger partial charge is 0.160 e. The lowest BCUT2D eigenvalue weighted by molar-refractivity contribution is 0.255. The first-order valence-corrected chi connectivity index (χ1v) is 10.6. The molecule has 0 amide bonds. The highest BCUT2D eigenvalue weighted by molar-refractivity contribution is 14.1. The van der Waals surface area contributed by atoms with Crippen LogP contribution in [-0.4, -0.2) is 32.0 Å². The van der Waals surface area contributed by atoms with Gasteiger partial charge < -0.3 is 10.0 Å². The molecule has 1 aromatic carbocycles. The predicted molar refractivity (Wildman–Crippen MR) is 111 cm³/mol. The van der Waals surface area contributed by atoms with Crippen molar-refractivity contribution in [2.75, 3.05) is 5.75 Å². The van der Waals surface area contributed by atoms with Crippen molar-refractivity contribution < 1.29 is 5.11 Å². The minimum Gasteiger partial charge on any atom is -0.505 e.